The van der Waals surface area contributed by atoms with Gasteiger partial charge in [0, 0.05) is 19.2 Å². The summed E-state index contributed by atoms with van der Waals surface area (Å²) in [5.74, 6) is -0.476. The van der Waals surface area contributed by atoms with Crippen LogP contribution in [0.2, 0.25) is 0 Å². The van der Waals surface area contributed by atoms with Crippen molar-refractivity contribution in [2.75, 3.05) is 5.32 Å². The fourth-order valence-electron chi connectivity index (χ4n) is 1.67. The highest BCUT2D eigenvalue weighted by Gasteiger charge is 2.18. The SMILES string of the molecule is Cn1cc([N+](=O)[O-])c(NCc2ccc(C#N)cc2F)n1. The highest BCUT2D eigenvalue weighted by atomic mass is 19.1. The predicted octanol–water partition coefficient (Wildman–Crippen LogP) is 1.95. The van der Waals surface area contributed by atoms with Crippen molar-refractivity contribution in [3.63, 3.8) is 0 Å². The molecule has 0 atom stereocenters. The normalized spacial score (nSPS) is 10.1. The van der Waals surface area contributed by atoms with Crippen molar-refractivity contribution in [2.24, 2.45) is 7.05 Å². The third-order valence-electron chi connectivity index (χ3n) is 2.63. The summed E-state index contributed by atoms with van der Waals surface area (Å²) < 4.78 is 15.0. The molecule has 8 heteroatoms. The Morgan fingerprint density at radius 2 is 2.35 bits per heavy atom. The Morgan fingerprint density at radius 1 is 1.60 bits per heavy atom. The Balaban J connectivity index is 2.17. The molecular formula is C12H10FN5O2. The Hall–Kier alpha value is -2.95. The van der Waals surface area contributed by atoms with E-state index in [1.54, 1.807) is 7.05 Å². The predicted molar refractivity (Wildman–Crippen MR) is 68.3 cm³/mol. The van der Waals surface area contributed by atoms with Crippen LogP contribution in [0.15, 0.2) is 24.4 Å². The molecule has 1 heterocycles. The summed E-state index contributed by atoms with van der Waals surface area (Å²) in [4.78, 5) is 10.2. The van der Waals surface area contributed by atoms with E-state index >= 15 is 0 Å². The number of hydrogen-bond acceptors (Lipinski definition) is 5. The van der Waals surface area contributed by atoms with Crippen molar-refractivity contribution in [1.82, 2.24) is 9.78 Å². The lowest BCUT2D eigenvalue weighted by molar-refractivity contribution is -0.384. The maximum atomic E-state index is 13.7. The summed E-state index contributed by atoms with van der Waals surface area (Å²) in [5, 5.41) is 26.1. The fraction of sp³-hybridized carbons (Fsp3) is 0.167. The maximum Gasteiger partial charge on any atom is 0.330 e. The quantitative estimate of drug-likeness (QED) is 0.679. The number of aromatic nitrogens is 2. The van der Waals surface area contributed by atoms with Gasteiger partial charge in [0.15, 0.2) is 0 Å². The number of nitrogens with one attached hydrogen (secondary N) is 1. The van der Waals surface area contributed by atoms with E-state index in [0.717, 1.165) is 6.07 Å². The van der Waals surface area contributed by atoms with E-state index in [1.165, 1.54) is 23.0 Å². The molecule has 0 bridgehead atoms. The first-order chi connectivity index (χ1) is 9.51. The first kappa shape index (κ1) is 13.5. The van der Waals surface area contributed by atoms with Gasteiger partial charge in [0.2, 0.25) is 5.82 Å². The van der Waals surface area contributed by atoms with Crippen molar-refractivity contribution in [3.05, 3.63) is 51.5 Å². The standard InChI is InChI=1S/C12H10FN5O2/c1-17-7-11(18(19)20)12(16-17)15-6-9-3-2-8(5-14)4-10(9)13/h2-4,7H,6H2,1H3,(H,15,16). The number of rotatable bonds is 4. The zero-order valence-corrected chi connectivity index (χ0v) is 10.5. The lowest BCUT2D eigenvalue weighted by Gasteiger charge is -2.04. The first-order valence-electron chi connectivity index (χ1n) is 5.61. The van der Waals surface area contributed by atoms with Crippen molar-refractivity contribution in [2.45, 2.75) is 6.54 Å². The van der Waals surface area contributed by atoms with Gasteiger partial charge >= 0.3 is 5.69 Å². The molecule has 0 spiro atoms. The molecule has 0 aliphatic heterocycles. The molecule has 0 unspecified atom stereocenters. The first-order valence-corrected chi connectivity index (χ1v) is 5.61. The summed E-state index contributed by atoms with van der Waals surface area (Å²) in [6, 6.07) is 5.88. The Morgan fingerprint density at radius 3 is 2.95 bits per heavy atom. The molecule has 2 aromatic rings. The lowest BCUT2D eigenvalue weighted by Crippen LogP contribution is -2.04. The topological polar surface area (TPSA) is 96.8 Å². The second kappa shape index (κ2) is 5.36. The van der Waals surface area contributed by atoms with Gasteiger partial charge in [0.1, 0.15) is 12.0 Å². The van der Waals surface area contributed by atoms with Crippen molar-refractivity contribution in [3.8, 4) is 6.07 Å². The van der Waals surface area contributed by atoms with Crippen molar-refractivity contribution < 1.29 is 9.31 Å². The van der Waals surface area contributed by atoms with Gasteiger partial charge in [-0.1, -0.05) is 6.07 Å². The molecule has 1 aromatic heterocycles. The van der Waals surface area contributed by atoms with E-state index in [-0.39, 0.29) is 23.6 Å². The third-order valence-corrected chi connectivity index (χ3v) is 2.63. The average Bonchev–Trinajstić information content (AvgIpc) is 2.78. The van der Waals surface area contributed by atoms with Crippen LogP contribution in [-0.2, 0) is 13.6 Å². The minimum absolute atomic E-state index is 0.0371. The van der Waals surface area contributed by atoms with E-state index in [0.29, 0.717) is 5.56 Å². The van der Waals surface area contributed by atoms with E-state index in [4.69, 9.17) is 5.26 Å². The van der Waals surface area contributed by atoms with Crippen LogP contribution in [0, 0.1) is 27.3 Å². The van der Waals surface area contributed by atoms with Gasteiger partial charge in [0.05, 0.1) is 16.6 Å². The Labute approximate surface area is 113 Å². The number of nitriles is 1. The number of nitrogens with zero attached hydrogens (tertiary/aromatic N) is 4. The monoisotopic (exact) mass is 275 g/mol. The van der Waals surface area contributed by atoms with Gasteiger partial charge in [-0.3, -0.25) is 14.8 Å². The minimum Gasteiger partial charge on any atom is -0.359 e. The van der Waals surface area contributed by atoms with Crippen LogP contribution in [0.5, 0.6) is 0 Å². The van der Waals surface area contributed by atoms with Gasteiger partial charge < -0.3 is 5.32 Å². The van der Waals surface area contributed by atoms with E-state index in [1.807, 2.05) is 6.07 Å². The molecule has 0 aliphatic rings. The molecule has 0 saturated heterocycles. The van der Waals surface area contributed by atoms with Gasteiger partial charge in [-0.2, -0.15) is 5.26 Å². The molecule has 0 fully saturated rings. The lowest BCUT2D eigenvalue weighted by atomic mass is 10.1. The minimum atomic E-state index is -0.565. The molecule has 0 saturated carbocycles. The molecule has 0 amide bonds. The van der Waals surface area contributed by atoms with Crippen LogP contribution >= 0.6 is 0 Å². The van der Waals surface area contributed by atoms with E-state index in [9.17, 15) is 14.5 Å². The Bertz CT molecular complexity index is 704. The number of anilines is 1. The smallest absolute Gasteiger partial charge is 0.330 e. The average molecular weight is 275 g/mol. The van der Waals surface area contributed by atoms with Crippen LogP contribution in [0.1, 0.15) is 11.1 Å². The molecule has 1 aromatic carbocycles. The Kier molecular flexibility index (Phi) is 3.61. The van der Waals surface area contributed by atoms with Crippen LogP contribution in [-0.4, -0.2) is 14.7 Å². The highest BCUT2D eigenvalue weighted by molar-refractivity contribution is 5.54. The summed E-state index contributed by atoms with van der Waals surface area (Å²) >= 11 is 0. The number of aryl methyl sites for hydroxylation is 1. The highest BCUT2D eigenvalue weighted by Crippen LogP contribution is 2.22. The summed E-state index contributed by atoms with van der Waals surface area (Å²) in [6.45, 7) is 0.0371. The second-order valence-electron chi connectivity index (χ2n) is 4.07. The maximum absolute atomic E-state index is 13.7. The summed E-state index contributed by atoms with van der Waals surface area (Å²) in [7, 11) is 1.56. The van der Waals surface area contributed by atoms with E-state index in [2.05, 4.69) is 10.4 Å². The van der Waals surface area contributed by atoms with E-state index < -0.39 is 10.7 Å². The molecule has 0 radical (unpaired) electrons. The molecular weight excluding hydrogens is 265 g/mol. The molecule has 102 valence electrons. The van der Waals surface area contributed by atoms with Crippen molar-refractivity contribution >= 4 is 11.5 Å². The molecule has 0 aliphatic carbocycles. The summed E-state index contributed by atoms with van der Waals surface area (Å²) in [5.41, 5.74) is 0.334. The van der Waals surface area contributed by atoms with Crippen LogP contribution < -0.4 is 5.32 Å². The van der Waals surface area contributed by atoms with Gasteiger partial charge in [-0.15, -0.1) is 5.10 Å². The molecule has 2 rings (SSSR count). The molecule has 1 N–H and O–H groups in total. The number of nitro groups is 1. The second-order valence-corrected chi connectivity index (χ2v) is 4.07. The molecule has 20 heavy (non-hydrogen) atoms. The van der Waals surface area contributed by atoms with Gasteiger partial charge in [-0.25, -0.2) is 4.39 Å². The van der Waals surface area contributed by atoms with Crippen LogP contribution in [0.25, 0.3) is 0 Å². The van der Waals surface area contributed by atoms with Gasteiger partial charge in [0.25, 0.3) is 0 Å². The molecule has 7 nitrogen and oxygen atoms in total. The van der Waals surface area contributed by atoms with Crippen LogP contribution in [0.4, 0.5) is 15.9 Å². The number of benzene rings is 1. The number of hydrogen-bond donors (Lipinski definition) is 1. The van der Waals surface area contributed by atoms with Crippen LogP contribution in [0.3, 0.4) is 0 Å². The largest absolute Gasteiger partial charge is 0.359 e. The van der Waals surface area contributed by atoms with Crippen molar-refractivity contribution in [1.29, 1.82) is 5.26 Å². The fourth-order valence-corrected chi connectivity index (χ4v) is 1.67. The third kappa shape index (κ3) is 2.72. The zero-order chi connectivity index (χ0) is 14.7. The zero-order valence-electron chi connectivity index (χ0n) is 10.5. The summed E-state index contributed by atoms with van der Waals surface area (Å²) in [6.07, 6.45) is 1.26. The van der Waals surface area contributed by atoms with Gasteiger partial charge in [-0.05, 0) is 12.1 Å². The number of halogens is 1.